The van der Waals surface area contributed by atoms with E-state index in [4.69, 9.17) is 9.73 Å². The Bertz CT molecular complexity index is 486. The van der Waals surface area contributed by atoms with E-state index in [9.17, 15) is 0 Å². The van der Waals surface area contributed by atoms with E-state index in [2.05, 4.69) is 36.1 Å². The molecule has 1 aromatic heterocycles. The van der Waals surface area contributed by atoms with E-state index in [1.807, 2.05) is 6.92 Å². The topological polar surface area (TPSA) is 49.8 Å². The summed E-state index contributed by atoms with van der Waals surface area (Å²) in [6.07, 6.45) is 1.15. The van der Waals surface area contributed by atoms with Crippen LogP contribution in [0.2, 0.25) is 0 Å². The van der Waals surface area contributed by atoms with Gasteiger partial charge >= 0.3 is 0 Å². The Labute approximate surface area is 154 Å². The summed E-state index contributed by atoms with van der Waals surface area (Å²) in [5.74, 6) is 1.58. The fourth-order valence-corrected chi connectivity index (χ4v) is 3.40. The van der Waals surface area contributed by atoms with Gasteiger partial charge in [-0.25, -0.2) is 9.98 Å². The highest BCUT2D eigenvalue weighted by Crippen LogP contribution is 2.18. The van der Waals surface area contributed by atoms with Gasteiger partial charge in [0.25, 0.3) is 0 Å². The van der Waals surface area contributed by atoms with Crippen LogP contribution in [0.1, 0.15) is 28.9 Å². The van der Waals surface area contributed by atoms with E-state index in [1.54, 1.807) is 11.3 Å². The predicted octanol–water partition coefficient (Wildman–Crippen LogP) is 2.81. The molecule has 0 spiro atoms. The molecule has 0 bridgehead atoms. The maximum atomic E-state index is 5.45. The first-order valence-electron chi connectivity index (χ1n) is 7.60. The number of ether oxygens (including phenoxy) is 1. The average molecular weight is 438 g/mol. The fraction of sp³-hybridized carbons (Fsp3) is 0.733. The van der Waals surface area contributed by atoms with Crippen molar-refractivity contribution in [3.63, 3.8) is 0 Å². The number of aromatic nitrogens is 1. The molecule has 0 aliphatic carbocycles. The number of aliphatic imine (C=N–C) groups is 1. The Morgan fingerprint density at radius 1 is 1.50 bits per heavy atom. The molecule has 1 aliphatic rings. The molecule has 1 saturated heterocycles. The SMILES string of the molecule is CCNC(=NCc1sc(C)nc1C)N(C)CC1CCOC1.I. The van der Waals surface area contributed by atoms with E-state index in [1.165, 1.54) is 4.88 Å². The number of nitrogens with one attached hydrogen (secondary N) is 1. The Balaban J connectivity index is 0.00000242. The minimum atomic E-state index is 0. The molecule has 1 atom stereocenters. The molecule has 1 aromatic rings. The van der Waals surface area contributed by atoms with Crippen LogP contribution < -0.4 is 5.32 Å². The molecule has 22 heavy (non-hydrogen) atoms. The summed E-state index contributed by atoms with van der Waals surface area (Å²) in [7, 11) is 2.10. The minimum absolute atomic E-state index is 0. The van der Waals surface area contributed by atoms with Gasteiger partial charge in [0.2, 0.25) is 0 Å². The molecule has 2 heterocycles. The van der Waals surface area contributed by atoms with Crippen molar-refractivity contribution in [1.29, 1.82) is 0 Å². The third-order valence-electron chi connectivity index (χ3n) is 3.62. The van der Waals surface area contributed by atoms with E-state index < -0.39 is 0 Å². The molecular weight excluding hydrogens is 411 g/mol. The first-order chi connectivity index (χ1) is 10.1. The number of halogens is 1. The maximum Gasteiger partial charge on any atom is 0.194 e. The lowest BCUT2D eigenvalue weighted by molar-refractivity contribution is 0.181. The van der Waals surface area contributed by atoms with E-state index in [-0.39, 0.29) is 24.0 Å². The highest BCUT2D eigenvalue weighted by molar-refractivity contribution is 14.0. The van der Waals surface area contributed by atoms with Gasteiger partial charge in [-0.2, -0.15) is 0 Å². The molecule has 0 amide bonds. The van der Waals surface area contributed by atoms with Crippen LogP contribution >= 0.6 is 35.3 Å². The lowest BCUT2D eigenvalue weighted by atomic mass is 10.1. The second-order valence-corrected chi connectivity index (χ2v) is 6.81. The molecule has 7 heteroatoms. The van der Waals surface area contributed by atoms with E-state index >= 15 is 0 Å². The van der Waals surface area contributed by atoms with Crippen molar-refractivity contribution in [1.82, 2.24) is 15.2 Å². The van der Waals surface area contributed by atoms with Crippen LogP contribution in [0.4, 0.5) is 0 Å². The van der Waals surface area contributed by atoms with E-state index in [0.717, 1.165) is 49.4 Å². The second-order valence-electron chi connectivity index (χ2n) is 5.52. The number of nitrogens with zero attached hydrogens (tertiary/aromatic N) is 3. The first kappa shape index (κ1) is 19.6. The van der Waals surface area contributed by atoms with Crippen molar-refractivity contribution >= 4 is 41.3 Å². The van der Waals surface area contributed by atoms with Crippen LogP contribution in [0, 0.1) is 19.8 Å². The summed E-state index contributed by atoms with van der Waals surface area (Å²) >= 11 is 1.73. The van der Waals surface area contributed by atoms with Crippen LogP contribution in [0.5, 0.6) is 0 Å². The molecule has 2 rings (SSSR count). The third kappa shape index (κ3) is 5.66. The van der Waals surface area contributed by atoms with Crippen molar-refractivity contribution in [3.8, 4) is 0 Å². The molecular formula is C15H27IN4OS. The average Bonchev–Trinajstić information content (AvgIpc) is 3.04. The normalized spacial score (nSPS) is 18.2. The zero-order chi connectivity index (χ0) is 15.2. The Morgan fingerprint density at radius 2 is 2.27 bits per heavy atom. The standard InChI is InChI=1S/C15H26N4OS.HI/c1-5-16-15(19(4)9-13-6-7-20-10-13)17-8-14-11(2)18-12(3)21-14;/h13H,5-10H2,1-4H3,(H,16,17);1H. The van der Waals surface area contributed by atoms with Crippen molar-refractivity contribution in [3.05, 3.63) is 15.6 Å². The van der Waals surface area contributed by atoms with Gasteiger partial charge in [0.1, 0.15) is 0 Å². The van der Waals surface area contributed by atoms with Gasteiger partial charge in [0.05, 0.1) is 23.9 Å². The molecule has 0 aromatic carbocycles. The fourth-order valence-electron chi connectivity index (χ4n) is 2.54. The van der Waals surface area contributed by atoms with Gasteiger partial charge in [-0.05, 0) is 27.2 Å². The number of aryl methyl sites for hydroxylation is 2. The van der Waals surface area contributed by atoms with Crippen LogP contribution in [0.15, 0.2) is 4.99 Å². The molecule has 1 unspecified atom stereocenters. The highest BCUT2D eigenvalue weighted by Gasteiger charge is 2.19. The molecule has 1 aliphatic heterocycles. The summed E-state index contributed by atoms with van der Waals surface area (Å²) in [5.41, 5.74) is 1.10. The van der Waals surface area contributed by atoms with Gasteiger partial charge in [0, 0.05) is 37.5 Å². The quantitative estimate of drug-likeness (QED) is 0.437. The summed E-state index contributed by atoms with van der Waals surface area (Å²) < 4.78 is 5.45. The van der Waals surface area contributed by atoms with Gasteiger partial charge in [-0.15, -0.1) is 35.3 Å². The van der Waals surface area contributed by atoms with Crippen molar-refractivity contribution in [2.24, 2.45) is 10.9 Å². The van der Waals surface area contributed by atoms with E-state index in [0.29, 0.717) is 12.5 Å². The number of thiazole rings is 1. The van der Waals surface area contributed by atoms with Crippen molar-refractivity contribution < 1.29 is 4.74 Å². The largest absolute Gasteiger partial charge is 0.381 e. The number of hydrogen-bond acceptors (Lipinski definition) is 4. The maximum absolute atomic E-state index is 5.45. The Kier molecular flexibility index (Phi) is 8.63. The van der Waals surface area contributed by atoms with Crippen molar-refractivity contribution in [2.45, 2.75) is 33.7 Å². The molecule has 1 fully saturated rings. The van der Waals surface area contributed by atoms with Crippen LogP contribution in [-0.4, -0.2) is 49.2 Å². The first-order valence-corrected chi connectivity index (χ1v) is 8.42. The predicted molar refractivity (Wildman–Crippen MR) is 103 cm³/mol. The summed E-state index contributed by atoms with van der Waals surface area (Å²) in [4.78, 5) is 12.7. The van der Waals surface area contributed by atoms with Crippen LogP contribution in [0.25, 0.3) is 0 Å². The molecule has 1 N–H and O–H groups in total. The highest BCUT2D eigenvalue weighted by atomic mass is 127. The minimum Gasteiger partial charge on any atom is -0.381 e. The molecule has 0 radical (unpaired) electrons. The molecule has 0 saturated carbocycles. The Morgan fingerprint density at radius 3 is 2.82 bits per heavy atom. The van der Waals surface area contributed by atoms with Crippen LogP contribution in [0.3, 0.4) is 0 Å². The molecule has 126 valence electrons. The lowest BCUT2D eigenvalue weighted by Crippen LogP contribution is -2.41. The number of hydrogen-bond donors (Lipinski definition) is 1. The number of rotatable bonds is 5. The summed E-state index contributed by atoms with van der Waals surface area (Å²) in [5, 5.41) is 4.48. The Hall–Kier alpha value is -0.410. The lowest BCUT2D eigenvalue weighted by Gasteiger charge is -2.24. The van der Waals surface area contributed by atoms with Gasteiger partial charge in [-0.1, -0.05) is 0 Å². The zero-order valence-corrected chi connectivity index (χ0v) is 17.0. The van der Waals surface area contributed by atoms with Gasteiger partial charge in [0.15, 0.2) is 5.96 Å². The zero-order valence-electron chi connectivity index (χ0n) is 13.9. The summed E-state index contributed by atoms with van der Waals surface area (Å²) in [6, 6.07) is 0. The smallest absolute Gasteiger partial charge is 0.194 e. The monoisotopic (exact) mass is 438 g/mol. The molecule has 5 nitrogen and oxygen atoms in total. The number of guanidine groups is 1. The van der Waals surface area contributed by atoms with Crippen molar-refractivity contribution in [2.75, 3.05) is 33.4 Å². The second kappa shape index (κ2) is 9.67. The van der Waals surface area contributed by atoms with Gasteiger partial charge < -0.3 is 15.0 Å². The third-order valence-corrected chi connectivity index (χ3v) is 4.68. The van der Waals surface area contributed by atoms with Gasteiger partial charge in [-0.3, -0.25) is 0 Å². The van der Waals surface area contributed by atoms with Crippen LogP contribution in [-0.2, 0) is 11.3 Å². The summed E-state index contributed by atoms with van der Waals surface area (Å²) in [6.45, 7) is 10.5.